The van der Waals surface area contributed by atoms with Crippen molar-refractivity contribution < 1.29 is 4.52 Å². The molecule has 0 aliphatic heterocycles. The van der Waals surface area contributed by atoms with Crippen LogP contribution in [-0.4, -0.2) is 14.9 Å². The third-order valence-corrected chi connectivity index (χ3v) is 3.55. The molecule has 108 valence electrons. The predicted octanol–water partition coefficient (Wildman–Crippen LogP) is 3.15. The molecule has 3 rings (SSSR count). The topological polar surface area (TPSA) is 55.9 Å². The molecule has 0 bridgehead atoms. The van der Waals surface area contributed by atoms with E-state index in [9.17, 15) is 0 Å². The number of hydrogen-bond acceptors (Lipinski definition) is 4. The minimum absolute atomic E-state index is 0.706. The monoisotopic (exact) mass is 282 g/mol. The molecule has 0 aliphatic rings. The summed E-state index contributed by atoms with van der Waals surface area (Å²) in [5.74, 6) is 0.865. The maximum Gasteiger partial charge on any atom is 0.138 e. The van der Waals surface area contributed by atoms with Crippen LogP contribution >= 0.6 is 0 Å². The molecule has 2 aromatic heterocycles. The van der Waals surface area contributed by atoms with E-state index in [1.807, 2.05) is 42.9 Å². The van der Waals surface area contributed by atoms with Crippen LogP contribution in [0.2, 0.25) is 0 Å². The van der Waals surface area contributed by atoms with Gasteiger partial charge in [-0.05, 0) is 31.5 Å². The summed E-state index contributed by atoms with van der Waals surface area (Å²) in [6.07, 6.45) is 3.75. The summed E-state index contributed by atoms with van der Waals surface area (Å²) in [6, 6.07) is 10.2. The van der Waals surface area contributed by atoms with Crippen molar-refractivity contribution >= 4 is 5.69 Å². The fraction of sp³-hybridized carbons (Fsp3) is 0.250. The van der Waals surface area contributed by atoms with Crippen molar-refractivity contribution in [2.45, 2.75) is 26.9 Å². The Hall–Kier alpha value is -2.56. The van der Waals surface area contributed by atoms with Crippen molar-refractivity contribution in [1.29, 1.82) is 0 Å². The summed E-state index contributed by atoms with van der Waals surface area (Å²) in [7, 11) is 0. The van der Waals surface area contributed by atoms with Crippen LogP contribution in [0.15, 0.2) is 47.2 Å². The Morgan fingerprint density at radius 3 is 2.76 bits per heavy atom. The van der Waals surface area contributed by atoms with E-state index in [2.05, 4.69) is 27.7 Å². The van der Waals surface area contributed by atoms with Gasteiger partial charge >= 0.3 is 0 Å². The number of benzene rings is 1. The molecule has 21 heavy (non-hydrogen) atoms. The van der Waals surface area contributed by atoms with E-state index < -0.39 is 0 Å². The third kappa shape index (κ3) is 2.97. The number of para-hydroxylation sites is 1. The molecule has 1 N–H and O–H groups in total. The summed E-state index contributed by atoms with van der Waals surface area (Å²) in [5, 5.41) is 11.7. The molecule has 0 saturated carbocycles. The molecule has 0 aliphatic carbocycles. The van der Waals surface area contributed by atoms with Crippen LogP contribution in [0, 0.1) is 13.8 Å². The number of hydrogen-bond donors (Lipinski definition) is 1. The Balaban J connectivity index is 1.76. The summed E-state index contributed by atoms with van der Waals surface area (Å²) >= 11 is 0. The Bertz CT molecular complexity index is 696. The molecule has 0 saturated heterocycles. The minimum atomic E-state index is 0.706. The van der Waals surface area contributed by atoms with Crippen molar-refractivity contribution in [1.82, 2.24) is 14.9 Å². The normalized spacial score (nSPS) is 10.8. The molecular formula is C16H18N4O. The van der Waals surface area contributed by atoms with Gasteiger partial charge in [-0.1, -0.05) is 23.4 Å². The first-order chi connectivity index (χ1) is 10.2. The van der Waals surface area contributed by atoms with E-state index in [0.29, 0.717) is 6.54 Å². The largest absolute Gasteiger partial charge is 0.380 e. The summed E-state index contributed by atoms with van der Waals surface area (Å²) in [5.41, 5.74) is 4.36. The third-order valence-electron chi connectivity index (χ3n) is 3.55. The van der Waals surface area contributed by atoms with Crippen LogP contribution in [0.5, 0.6) is 0 Å². The smallest absolute Gasteiger partial charge is 0.138 e. The molecule has 0 spiro atoms. The molecule has 2 heterocycles. The maximum absolute atomic E-state index is 5.20. The van der Waals surface area contributed by atoms with Gasteiger partial charge < -0.3 is 9.84 Å². The highest BCUT2D eigenvalue weighted by Crippen LogP contribution is 2.19. The zero-order valence-corrected chi connectivity index (χ0v) is 12.2. The van der Waals surface area contributed by atoms with Gasteiger partial charge in [0, 0.05) is 30.2 Å². The number of nitrogens with zero attached hydrogens (tertiary/aromatic N) is 3. The van der Waals surface area contributed by atoms with E-state index in [4.69, 9.17) is 4.52 Å². The first-order valence-corrected chi connectivity index (χ1v) is 6.95. The number of rotatable bonds is 5. The average molecular weight is 282 g/mol. The standard InChI is InChI=1S/C16H18N4O/c1-12-15(13(2)21-19-12)10-17-16-7-4-3-6-14(16)11-20-9-5-8-18-20/h3-9,17H,10-11H2,1-2H3. The SMILES string of the molecule is Cc1noc(C)c1CNc1ccccc1Cn1cccn1. The lowest BCUT2D eigenvalue weighted by Crippen LogP contribution is -2.07. The Labute approximate surface area is 123 Å². The van der Waals surface area contributed by atoms with Gasteiger partial charge in [0.15, 0.2) is 0 Å². The van der Waals surface area contributed by atoms with Crippen LogP contribution in [-0.2, 0) is 13.1 Å². The van der Waals surface area contributed by atoms with Crippen LogP contribution in [0.1, 0.15) is 22.6 Å². The number of nitrogens with one attached hydrogen (secondary N) is 1. The minimum Gasteiger partial charge on any atom is -0.380 e. The molecule has 0 fully saturated rings. The van der Waals surface area contributed by atoms with E-state index in [0.717, 1.165) is 29.2 Å². The van der Waals surface area contributed by atoms with Crippen LogP contribution < -0.4 is 5.32 Å². The van der Waals surface area contributed by atoms with Crippen LogP contribution in [0.25, 0.3) is 0 Å². The highest BCUT2D eigenvalue weighted by atomic mass is 16.5. The molecule has 0 unspecified atom stereocenters. The zero-order valence-electron chi connectivity index (χ0n) is 12.2. The van der Waals surface area contributed by atoms with Crippen LogP contribution in [0.3, 0.4) is 0 Å². The molecule has 5 nitrogen and oxygen atoms in total. The van der Waals surface area contributed by atoms with Crippen LogP contribution in [0.4, 0.5) is 5.69 Å². The Kier molecular flexibility index (Phi) is 3.73. The number of aryl methyl sites for hydroxylation is 2. The first kappa shape index (κ1) is 13.4. The zero-order chi connectivity index (χ0) is 14.7. The van der Waals surface area contributed by atoms with Gasteiger partial charge in [-0.25, -0.2) is 0 Å². The van der Waals surface area contributed by atoms with Gasteiger partial charge in [0.25, 0.3) is 0 Å². The molecule has 1 aromatic carbocycles. The first-order valence-electron chi connectivity index (χ1n) is 6.95. The van der Waals surface area contributed by atoms with E-state index >= 15 is 0 Å². The second-order valence-corrected chi connectivity index (χ2v) is 5.02. The Morgan fingerprint density at radius 2 is 2.05 bits per heavy atom. The summed E-state index contributed by atoms with van der Waals surface area (Å²) in [6.45, 7) is 5.35. The van der Waals surface area contributed by atoms with Gasteiger partial charge in [-0.3, -0.25) is 4.68 Å². The van der Waals surface area contributed by atoms with Crippen molar-refractivity contribution in [3.8, 4) is 0 Å². The van der Waals surface area contributed by atoms with Gasteiger partial charge in [0.2, 0.25) is 0 Å². The van der Waals surface area contributed by atoms with E-state index in [1.165, 1.54) is 5.56 Å². The molecule has 3 aromatic rings. The molecule has 5 heteroatoms. The summed E-state index contributed by atoms with van der Waals surface area (Å²) in [4.78, 5) is 0. The molecule has 0 radical (unpaired) electrons. The van der Waals surface area contributed by atoms with Gasteiger partial charge in [0.1, 0.15) is 5.76 Å². The Morgan fingerprint density at radius 1 is 1.19 bits per heavy atom. The fourth-order valence-electron chi connectivity index (χ4n) is 2.34. The van der Waals surface area contributed by atoms with Crippen molar-refractivity contribution in [2.24, 2.45) is 0 Å². The predicted molar refractivity (Wildman–Crippen MR) is 81.1 cm³/mol. The van der Waals surface area contributed by atoms with Gasteiger partial charge in [0.05, 0.1) is 12.2 Å². The number of anilines is 1. The molecular weight excluding hydrogens is 264 g/mol. The quantitative estimate of drug-likeness (QED) is 0.781. The van der Waals surface area contributed by atoms with E-state index in [1.54, 1.807) is 6.20 Å². The van der Waals surface area contributed by atoms with Gasteiger partial charge in [-0.2, -0.15) is 5.10 Å². The lowest BCUT2D eigenvalue weighted by molar-refractivity contribution is 0.392. The maximum atomic E-state index is 5.20. The van der Waals surface area contributed by atoms with E-state index in [-0.39, 0.29) is 0 Å². The second kappa shape index (κ2) is 5.83. The highest BCUT2D eigenvalue weighted by molar-refractivity contribution is 5.51. The fourth-order valence-corrected chi connectivity index (χ4v) is 2.34. The lowest BCUT2D eigenvalue weighted by Gasteiger charge is -2.12. The molecule has 0 amide bonds. The molecule has 0 atom stereocenters. The lowest BCUT2D eigenvalue weighted by atomic mass is 10.1. The van der Waals surface area contributed by atoms with Crippen molar-refractivity contribution in [3.05, 3.63) is 65.3 Å². The summed E-state index contributed by atoms with van der Waals surface area (Å²) < 4.78 is 7.11. The van der Waals surface area contributed by atoms with Gasteiger partial charge in [-0.15, -0.1) is 0 Å². The second-order valence-electron chi connectivity index (χ2n) is 5.02. The highest BCUT2D eigenvalue weighted by Gasteiger charge is 2.09. The average Bonchev–Trinajstić information content (AvgIpc) is 3.10. The number of aromatic nitrogens is 3. The van der Waals surface area contributed by atoms with Crippen molar-refractivity contribution in [3.63, 3.8) is 0 Å². The van der Waals surface area contributed by atoms with Crippen molar-refractivity contribution in [2.75, 3.05) is 5.32 Å².